The maximum absolute atomic E-state index is 11.0. The molecule has 72 valence electrons. The molecule has 0 aliphatic carbocycles. The van der Waals surface area contributed by atoms with Gasteiger partial charge in [-0.1, -0.05) is 4.49 Å². The largest absolute Gasteiger partial charge is 0.335 e. The lowest BCUT2D eigenvalue weighted by Gasteiger charge is -1.99. The molecule has 0 saturated carbocycles. The van der Waals surface area contributed by atoms with Gasteiger partial charge in [-0.2, -0.15) is 5.26 Å². The second kappa shape index (κ2) is 4.88. The van der Waals surface area contributed by atoms with Crippen molar-refractivity contribution in [1.82, 2.24) is 14.9 Å². The van der Waals surface area contributed by atoms with Crippen LogP contribution in [0.5, 0.6) is 0 Å². The van der Waals surface area contributed by atoms with E-state index in [0.29, 0.717) is 0 Å². The summed E-state index contributed by atoms with van der Waals surface area (Å²) in [4.78, 5) is 21.9. The molecule has 0 spiro atoms. The summed E-state index contributed by atoms with van der Waals surface area (Å²) in [6.45, 7) is -0.207. The number of nitriles is 1. The van der Waals surface area contributed by atoms with Gasteiger partial charge in [0.1, 0.15) is 6.54 Å². The third-order valence-electron chi connectivity index (χ3n) is 1.14. The molecule has 0 unspecified atom stereocenters. The zero-order valence-corrected chi connectivity index (χ0v) is 7.67. The highest BCUT2D eigenvalue weighted by Crippen LogP contribution is 2.02. The van der Waals surface area contributed by atoms with E-state index in [1.807, 2.05) is 0 Å². The lowest BCUT2D eigenvalue weighted by atomic mass is 10.5. The minimum atomic E-state index is -0.875. The summed E-state index contributed by atoms with van der Waals surface area (Å²) in [7, 11) is 0. The molecule has 1 aromatic heterocycles. The summed E-state index contributed by atoms with van der Waals surface area (Å²) in [5, 5.41) is 17.4. The Morgan fingerprint density at radius 2 is 2.36 bits per heavy atom. The SMILES string of the molecule is N#CCNC(=O)C(=O)Nc1csnn1. The normalized spacial score (nSPS) is 8.79. The Labute approximate surface area is 82.9 Å². The van der Waals surface area contributed by atoms with Crippen molar-refractivity contribution in [3.63, 3.8) is 0 Å². The summed E-state index contributed by atoms with van der Waals surface area (Å²) in [6, 6.07) is 1.67. The Morgan fingerprint density at radius 1 is 1.57 bits per heavy atom. The number of hydrogen-bond acceptors (Lipinski definition) is 6. The smallest absolute Gasteiger partial charge is 0.314 e. The van der Waals surface area contributed by atoms with Crippen molar-refractivity contribution in [2.75, 3.05) is 11.9 Å². The first kappa shape index (κ1) is 10.1. The molecule has 1 rings (SSSR count). The van der Waals surface area contributed by atoms with E-state index in [0.717, 1.165) is 11.5 Å². The first-order chi connectivity index (χ1) is 6.74. The summed E-state index contributed by atoms with van der Waals surface area (Å²) >= 11 is 1.05. The van der Waals surface area contributed by atoms with Gasteiger partial charge in [0.2, 0.25) is 0 Å². The van der Waals surface area contributed by atoms with Gasteiger partial charge in [0.05, 0.1) is 11.4 Å². The number of nitrogens with zero attached hydrogens (tertiary/aromatic N) is 3. The molecule has 0 aromatic carbocycles. The maximum Gasteiger partial charge on any atom is 0.314 e. The molecular formula is C6H5N5O2S. The minimum absolute atomic E-state index is 0.207. The molecule has 7 nitrogen and oxygen atoms in total. The van der Waals surface area contributed by atoms with Crippen molar-refractivity contribution in [3.8, 4) is 6.07 Å². The lowest BCUT2D eigenvalue weighted by molar-refractivity contribution is -0.136. The van der Waals surface area contributed by atoms with Crippen molar-refractivity contribution in [3.05, 3.63) is 5.38 Å². The second-order valence-electron chi connectivity index (χ2n) is 2.09. The first-order valence-corrected chi connectivity index (χ1v) is 4.31. The maximum atomic E-state index is 11.0. The van der Waals surface area contributed by atoms with Crippen molar-refractivity contribution < 1.29 is 9.59 Å². The summed E-state index contributed by atoms with van der Waals surface area (Å²) < 4.78 is 3.49. The molecule has 0 saturated heterocycles. The number of amides is 2. The molecule has 14 heavy (non-hydrogen) atoms. The average Bonchev–Trinajstić information content (AvgIpc) is 2.66. The number of nitrogens with one attached hydrogen (secondary N) is 2. The second-order valence-corrected chi connectivity index (χ2v) is 2.69. The average molecular weight is 211 g/mol. The van der Waals surface area contributed by atoms with Crippen LogP contribution < -0.4 is 10.6 Å². The summed E-state index contributed by atoms with van der Waals surface area (Å²) in [5.41, 5.74) is 0. The standard InChI is InChI=1S/C6H5N5O2S/c7-1-2-8-5(12)6(13)9-4-3-14-11-10-4/h3H,2H2,(H,8,12)(H,9,13). The fourth-order valence-corrected chi connectivity index (χ4v) is 0.980. The lowest BCUT2D eigenvalue weighted by Crippen LogP contribution is -2.35. The molecule has 8 heteroatoms. The molecule has 0 fully saturated rings. The van der Waals surface area contributed by atoms with Crippen molar-refractivity contribution in [2.24, 2.45) is 0 Å². The van der Waals surface area contributed by atoms with Gasteiger partial charge in [-0.15, -0.1) is 5.10 Å². The predicted molar refractivity (Wildman–Crippen MR) is 47.2 cm³/mol. The molecule has 0 radical (unpaired) electrons. The Hall–Kier alpha value is -2.01. The highest BCUT2D eigenvalue weighted by Gasteiger charge is 2.13. The van der Waals surface area contributed by atoms with Crippen LogP contribution in [0.2, 0.25) is 0 Å². The molecule has 0 aliphatic heterocycles. The van der Waals surface area contributed by atoms with E-state index in [9.17, 15) is 9.59 Å². The zero-order valence-electron chi connectivity index (χ0n) is 6.85. The molecule has 0 atom stereocenters. The monoisotopic (exact) mass is 211 g/mol. The molecule has 2 amide bonds. The summed E-state index contributed by atoms with van der Waals surface area (Å²) in [6.07, 6.45) is 0. The van der Waals surface area contributed by atoms with Gasteiger partial charge in [-0.25, -0.2) is 0 Å². The van der Waals surface area contributed by atoms with E-state index < -0.39 is 11.8 Å². The van der Waals surface area contributed by atoms with Crippen LogP contribution in [-0.2, 0) is 9.59 Å². The van der Waals surface area contributed by atoms with Crippen LogP contribution in [0, 0.1) is 11.3 Å². The highest BCUT2D eigenvalue weighted by atomic mass is 32.1. The third-order valence-corrected chi connectivity index (χ3v) is 1.64. The third kappa shape index (κ3) is 2.80. The number of hydrogen-bond donors (Lipinski definition) is 2. The van der Waals surface area contributed by atoms with E-state index in [4.69, 9.17) is 5.26 Å². The number of anilines is 1. The van der Waals surface area contributed by atoms with Crippen LogP contribution in [0.15, 0.2) is 5.38 Å². The van der Waals surface area contributed by atoms with E-state index in [-0.39, 0.29) is 12.4 Å². The van der Waals surface area contributed by atoms with Crippen molar-refractivity contribution in [1.29, 1.82) is 5.26 Å². The van der Waals surface area contributed by atoms with Gasteiger partial charge in [0, 0.05) is 0 Å². The topological polar surface area (TPSA) is 108 Å². The Balaban J connectivity index is 2.43. The number of carbonyl (C=O) groups is 2. The molecule has 1 heterocycles. The Bertz CT molecular complexity index is 368. The van der Waals surface area contributed by atoms with Gasteiger partial charge < -0.3 is 10.6 Å². The Morgan fingerprint density at radius 3 is 2.93 bits per heavy atom. The van der Waals surface area contributed by atoms with Crippen LogP contribution in [0.3, 0.4) is 0 Å². The van der Waals surface area contributed by atoms with Gasteiger partial charge >= 0.3 is 11.8 Å². The number of aromatic nitrogens is 2. The minimum Gasteiger partial charge on any atom is -0.335 e. The Kier molecular flexibility index (Phi) is 3.51. The molecule has 1 aromatic rings. The van der Waals surface area contributed by atoms with Crippen LogP contribution in [0.4, 0.5) is 5.82 Å². The quantitative estimate of drug-likeness (QED) is 0.487. The van der Waals surface area contributed by atoms with Crippen molar-refractivity contribution >= 4 is 29.2 Å². The summed E-state index contributed by atoms with van der Waals surface area (Å²) in [5.74, 6) is -1.53. The van der Waals surface area contributed by atoms with E-state index >= 15 is 0 Å². The van der Waals surface area contributed by atoms with Gasteiger partial charge in [0.25, 0.3) is 0 Å². The molecule has 0 bridgehead atoms. The predicted octanol–water partition coefficient (Wildman–Crippen LogP) is -0.884. The zero-order chi connectivity index (χ0) is 10.4. The molecule has 2 N–H and O–H groups in total. The van der Waals surface area contributed by atoms with Gasteiger partial charge in [0.15, 0.2) is 5.82 Å². The fraction of sp³-hybridized carbons (Fsp3) is 0.167. The van der Waals surface area contributed by atoms with E-state index in [2.05, 4.69) is 20.2 Å². The van der Waals surface area contributed by atoms with E-state index in [1.54, 1.807) is 6.07 Å². The van der Waals surface area contributed by atoms with E-state index in [1.165, 1.54) is 5.38 Å². The van der Waals surface area contributed by atoms with Crippen LogP contribution >= 0.6 is 11.5 Å². The van der Waals surface area contributed by atoms with Gasteiger partial charge in [-0.3, -0.25) is 9.59 Å². The first-order valence-electron chi connectivity index (χ1n) is 3.47. The highest BCUT2D eigenvalue weighted by molar-refractivity contribution is 7.03. The number of rotatable bonds is 2. The van der Waals surface area contributed by atoms with Crippen LogP contribution in [0.1, 0.15) is 0 Å². The van der Waals surface area contributed by atoms with Gasteiger partial charge in [-0.05, 0) is 11.5 Å². The fourth-order valence-electron chi connectivity index (χ4n) is 0.592. The number of carbonyl (C=O) groups excluding carboxylic acids is 2. The molecular weight excluding hydrogens is 206 g/mol. The van der Waals surface area contributed by atoms with Crippen LogP contribution in [0.25, 0.3) is 0 Å². The van der Waals surface area contributed by atoms with Crippen molar-refractivity contribution in [2.45, 2.75) is 0 Å². The molecule has 0 aliphatic rings. The van der Waals surface area contributed by atoms with Crippen LogP contribution in [-0.4, -0.2) is 27.9 Å².